The maximum atomic E-state index is 10.7. The molecule has 1 aromatic carbocycles. The van der Waals surface area contributed by atoms with E-state index in [0.717, 1.165) is 6.17 Å². The summed E-state index contributed by atoms with van der Waals surface area (Å²) in [5.74, 6) is 0. The summed E-state index contributed by atoms with van der Waals surface area (Å²) < 4.78 is 1.74. The van der Waals surface area contributed by atoms with E-state index in [1.807, 2.05) is 0 Å². The minimum Gasteiger partial charge on any atom is -0.390 e. The first-order chi connectivity index (χ1) is 9.81. The number of hydrogen-bond acceptors (Lipinski definition) is 5. The van der Waals surface area contributed by atoms with Crippen molar-refractivity contribution in [3.63, 3.8) is 0 Å². The van der Waals surface area contributed by atoms with Gasteiger partial charge in [0.2, 0.25) is 0 Å². The van der Waals surface area contributed by atoms with Crippen LogP contribution in [0.3, 0.4) is 0 Å². The quantitative estimate of drug-likeness (QED) is 0.519. The first kappa shape index (κ1) is 15.3. The first-order valence-corrected chi connectivity index (χ1v) is 10.3. The Morgan fingerprint density at radius 3 is 2.38 bits per heavy atom. The second-order valence-electron chi connectivity index (χ2n) is 6.07. The highest BCUT2D eigenvalue weighted by atomic mass is 28.3. The molecule has 1 N–H and O–H groups in total. The molecule has 0 radical (unpaired) electrons. The lowest BCUT2D eigenvalue weighted by atomic mass is 10.1. The van der Waals surface area contributed by atoms with Gasteiger partial charge in [-0.25, -0.2) is 4.68 Å². The number of benzene rings is 1. The number of aliphatic hydroxyl groups is 1. The van der Waals surface area contributed by atoms with Gasteiger partial charge in [0, 0.05) is 23.9 Å². The second kappa shape index (κ2) is 5.74. The van der Waals surface area contributed by atoms with Gasteiger partial charge in [-0.3, -0.25) is 10.1 Å². The molecule has 0 aliphatic carbocycles. The van der Waals surface area contributed by atoms with Crippen LogP contribution in [-0.2, 0) is 12.8 Å². The number of hydrogen-bond donors (Lipinski definition) is 1. The van der Waals surface area contributed by atoms with E-state index in [9.17, 15) is 15.2 Å². The molecule has 1 aromatic heterocycles. The number of rotatable bonds is 5. The molecule has 0 atom stereocenters. The summed E-state index contributed by atoms with van der Waals surface area (Å²) in [6.07, 6.45) is 0.767. The second-order valence-corrected chi connectivity index (χ2v) is 11.5. The molecule has 0 saturated heterocycles. The Morgan fingerprint density at radius 1 is 1.29 bits per heavy atom. The van der Waals surface area contributed by atoms with Gasteiger partial charge >= 0.3 is 0 Å². The van der Waals surface area contributed by atoms with Gasteiger partial charge in [0.25, 0.3) is 5.69 Å². The van der Waals surface area contributed by atoms with E-state index in [2.05, 4.69) is 30.0 Å². The van der Waals surface area contributed by atoms with Gasteiger partial charge in [0.05, 0.1) is 25.3 Å². The molecule has 0 spiro atoms. The minimum atomic E-state index is -1.40. The van der Waals surface area contributed by atoms with Crippen molar-refractivity contribution in [2.75, 3.05) is 0 Å². The summed E-state index contributed by atoms with van der Waals surface area (Å²) in [5.41, 5.74) is 1.96. The zero-order valence-corrected chi connectivity index (χ0v) is 13.3. The fourth-order valence-corrected chi connectivity index (χ4v) is 3.18. The van der Waals surface area contributed by atoms with Gasteiger partial charge in [0.15, 0.2) is 0 Å². The van der Waals surface area contributed by atoms with Crippen molar-refractivity contribution in [1.82, 2.24) is 15.0 Å². The van der Waals surface area contributed by atoms with Crippen LogP contribution in [0, 0.1) is 10.1 Å². The van der Waals surface area contributed by atoms with Gasteiger partial charge in [0.1, 0.15) is 5.69 Å². The molecule has 8 heteroatoms. The highest BCUT2D eigenvalue weighted by Gasteiger charge is 2.20. The van der Waals surface area contributed by atoms with E-state index in [0.29, 0.717) is 17.0 Å². The Balaban J connectivity index is 2.38. The molecule has 0 bridgehead atoms. The molecule has 21 heavy (non-hydrogen) atoms. The monoisotopic (exact) mass is 306 g/mol. The predicted molar refractivity (Wildman–Crippen MR) is 81.4 cm³/mol. The van der Waals surface area contributed by atoms with Crippen LogP contribution in [0.4, 0.5) is 5.69 Å². The Bertz CT molecular complexity index is 646. The molecule has 1 heterocycles. The normalized spacial score (nSPS) is 11.6. The van der Waals surface area contributed by atoms with Gasteiger partial charge < -0.3 is 5.11 Å². The topological polar surface area (TPSA) is 94.1 Å². The van der Waals surface area contributed by atoms with Gasteiger partial charge in [-0.2, -0.15) is 0 Å². The number of non-ortho nitro benzene ring substituents is 1. The maximum absolute atomic E-state index is 10.7. The molecule has 0 aliphatic heterocycles. The fourth-order valence-electron chi connectivity index (χ4n) is 2.03. The Labute approximate surface area is 123 Å². The standard InChI is InChI=1S/C13H18N4O3Si/c1-21(2,3)9-16-12(8-18)13(14-15-16)10-4-6-11(7-5-10)17(19)20/h4-7,18H,8-9H2,1-3H3. The molecule has 0 amide bonds. The van der Waals surface area contributed by atoms with Crippen LogP contribution < -0.4 is 0 Å². The van der Waals surface area contributed by atoms with Crippen molar-refractivity contribution in [2.45, 2.75) is 32.4 Å². The zero-order chi connectivity index (χ0) is 15.6. The highest BCUT2D eigenvalue weighted by Crippen LogP contribution is 2.24. The molecule has 2 rings (SSSR count). The number of nitrogens with zero attached hydrogens (tertiary/aromatic N) is 4. The van der Waals surface area contributed by atoms with Gasteiger partial charge in [-0.05, 0) is 12.1 Å². The third kappa shape index (κ3) is 3.53. The fraction of sp³-hybridized carbons (Fsp3) is 0.385. The van der Waals surface area contributed by atoms with Crippen molar-refractivity contribution in [3.05, 3.63) is 40.1 Å². The third-order valence-electron chi connectivity index (χ3n) is 2.96. The Morgan fingerprint density at radius 2 is 1.90 bits per heavy atom. The van der Waals surface area contributed by atoms with E-state index >= 15 is 0 Å². The van der Waals surface area contributed by atoms with E-state index in [1.54, 1.807) is 16.8 Å². The number of nitro benzene ring substituents is 1. The van der Waals surface area contributed by atoms with Crippen molar-refractivity contribution >= 4 is 13.8 Å². The van der Waals surface area contributed by atoms with Crippen molar-refractivity contribution in [2.24, 2.45) is 0 Å². The minimum absolute atomic E-state index is 0.0267. The molecule has 112 valence electrons. The van der Waals surface area contributed by atoms with Gasteiger partial charge in [-0.1, -0.05) is 24.9 Å². The Hall–Kier alpha value is -2.06. The molecule has 0 fully saturated rings. The van der Waals surface area contributed by atoms with Crippen molar-refractivity contribution in [3.8, 4) is 11.3 Å². The molecule has 7 nitrogen and oxygen atoms in total. The molecule has 2 aromatic rings. The van der Waals surface area contributed by atoms with Crippen molar-refractivity contribution in [1.29, 1.82) is 0 Å². The van der Waals surface area contributed by atoms with Crippen LogP contribution in [0.2, 0.25) is 19.6 Å². The lowest BCUT2D eigenvalue weighted by Gasteiger charge is -2.16. The lowest BCUT2D eigenvalue weighted by Crippen LogP contribution is -2.29. The average molecular weight is 306 g/mol. The summed E-state index contributed by atoms with van der Waals surface area (Å²) >= 11 is 0. The number of aromatic nitrogens is 3. The molecule has 0 saturated carbocycles. The smallest absolute Gasteiger partial charge is 0.269 e. The number of aliphatic hydroxyl groups excluding tert-OH is 1. The molecular weight excluding hydrogens is 288 g/mol. The molecule has 0 unspecified atom stereocenters. The number of nitro groups is 1. The summed E-state index contributed by atoms with van der Waals surface area (Å²) in [6.45, 7) is 6.47. The van der Waals surface area contributed by atoms with E-state index < -0.39 is 13.0 Å². The van der Waals surface area contributed by atoms with Crippen LogP contribution in [0.15, 0.2) is 24.3 Å². The lowest BCUT2D eigenvalue weighted by molar-refractivity contribution is -0.384. The SMILES string of the molecule is C[Si](C)(C)Cn1nnc(-c2ccc([N+](=O)[O-])cc2)c1CO. The predicted octanol–water partition coefficient (Wildman–Crippen LogP) is 2.22. The average Bonchev–Trinajstić information content (AvgIpc) is 2.79. The van der Waals surface area contributed by atoms with E-state index in [-0.39, 0.29) is 12.3 Å². The van der Waals surface area contributed by atoms with Crippen LogP contribution in [-0.4, -0.2) is 33.1 Å². The highest BCUT2D eigenvalue weighted by molar-refractivity contribution is 6.74. The van der Waals surface area contributed by atoms with E-state index in [1.165, 1.54) is 12.1 Å². The first-order valence-electron chi connectivity index (χ1n) is 6.60. The van der Waals surface area contributed by atoms with Crippen molar-refractivity contribution < 1.29 is 10.0 Å². The largest absolute Gasteiger partial charge is 0.390 e. The summed E-state index contributed by atoms with van der Waals surface area (Å²) in [5, 5.41) is 28.5. The summed E-state index contributed by atoms with van der Waals surface area (Å²) in [4.78, 5) is 10.2. The van der Waals surface area contributed by atoms with Crippen LogP contribution in [0.5, 0.6) is 0 Å². The molecule has 0 aliphatic rings. The van der Waals surface area contributed by atoms with Crippen LogP contribution >= 0.6 is 0 Å². The summed E-state index contributed by atoms with van der Waals surface area (Å²) in [6, 6.07) is 6.10. The van der Waals surface area contributed by atoms with Gasteiger partial charge in [-0.15, -0.1) is 5.10 Å². The van der Waals surface area contributed by atoms with E-state index in [4.69, 9.17) is 0 Å². The zero-order valence-electron chi connectivity index (χ0n) is 12.3. The summed E-state index contributed by atoms with van der Waals surface area (Å²) in [7, 11) is -1.40. The van der Waals surface area contributed by atoms with Crippen LogP contribution in [0.1, 0.15) is 5.69 Å². The third-order valence-corrected chi connectivity index (χ3v) is 4.21. The maximum Gasteiger partial charge on any atom is 0.269 e. The van der Waals surface area contributed by atoms with Crippen LogP contribution in [0.25, 0.3) is 11.3 Å². The molecular formula is C13H18N4O3Si. The Kier molecular flexibility index (Phi) is 4.19.